The van der Waals surface area contributed by atoms with Gasteiger partial charge >= 0.3 is 6.11 Å². The number of halogens is 2. The molecule has 2 aromatic heterocycles. The van der Waals surface area contributed by atoms with Gasteiger partial charge in [0, 0.05) is 38.2 Å². The standard InChI is InChI=1S/C22H25F2N3O2/c1-4-14-11-17(13-26(3)21(14)28)16-7-8-18-19(12-16)27(9-10-29-22(2,23)24)20(25-18)15-5-6-15/h7-8,11-13,15H,4-6,9-10H2,1-3H3. The average molecular weight is 401 g/mol. The van der Waals surface area contributed by atoms with E-state index in [2.05, 4.69) is 4.74 Å². The number of hydrogen-bond donors (Lipinski definition) is 0. The Kier molecular flexibility index (Phi) is 5.02. The van der Waals surface area contributed by atoms with E-state index >= 15 is 0 Å². The molecule has 0 atom stereocenters. The Morgan fingerprint density at radius 2 is 2.00 bits per heavy atom. The topological polar surface area (TPSA) is 49.0 Å². The summed E-state index contributed by atoms with van der Waals surface area (Å²) in [5, 5.41) is 0. The maximum atomic E-state index is 13.1. The van der Waals surface area contributed by atoms with Gasteiger partial charge in [-0.1, -0.05) is 13.0 Å². The summed E-state index contributed by atoms with van der Waals surface area (Å²) in [4.78, 5) is 17.0. The summed E-state index contributed by atoms with van der Waals surface area (Å²) < 4.78 is 34.4. The number of hydrogen-bond acceptors (Lipinski definition) is 3. The summed E-state index contributed by atoms with van der Waals surface area (Å²) >= 11 is 0. The molecular formula is C22H25F2N3O2. The molecule has 4 rings (SSSR count). The molecule has 7 heteroatoms. The zero-order chi connectivity index (χ0) is 20.8. The van der Waals surface area contributed by atoms with E-state index in [9.17, 15) is 13.6 Å². The molecule has 0 radical (unpaired) electrons. The van der Waals surface area contributed by atoms with E-state index in [0.29, 0.717) is 18.9 Å². The van der Waals surface area contributed by atoms with Crippen molar-refractivity contribution in [1.82, 2.24) is 14.1 Å². The molecule has 1 aromatic carbocycles. The van der Waals surface area contributed by atoms with Gasteiger partial charge in [-0.05, 0) is 48.6 Å². The van der Waals surface area contributed by atoms with Crippen LogP contribution in [0.2, 0.25) is 0 Å². The van der Waals surface area contributed by atoms with E-state index < -0.39 is 6.11 Å². The van der Waals surface area contributed by atoms with E-state index in [4.69, 9.17) is 4.98 Å². The van der Waals surface area contributed by atoms with Gasteiger partial charge in [0.25, 0.3) is 5.56 Å². The average Bonchev–Trinajstić information content (AvgIpc) is 3.45. The monoisotopic (exact) mass is 401 g/mol. The molecule has 1 aliphatic carbocycles. The van der Waals surface area contributed by atoms with E-state index in [0.717, 1.165) is 53.3 Å². The highest BCUT2D eigenvalue weighted by atomic mass is 19.3. The lowest BCUT2D eigenvalue weighted by atomic mass is 10.0. The maximum Gasteiger partial charge on any atom is 0.352 e. The largest absolute Gasteiger partial charge is 0.352 e. The summed E-state index contributed by atoms with van der Waals surface area (Å²) in [6, 6.07) is 7.90. The fourth-order valence-corrected chi connectivity index (χ4v) is 3.72. The number of rotatable bonds is 7. The number of aromatic nitrogens is 3. The van der Waals surface area contributed by atoms with Gasteiger partial charge in [-0.25, -0.2) is 4.98 Å². The highest BCUT2D eigenvalue weighted by Crippen LogP contribution is 2.41. The zero-order valence-corrected chi connectivity index (χ0v) is 16.9. The van der Waals surface area contributed by atoms with Crippen LogP contribution in [-0.2, 0) is 24.8 Å². The number of imidazole rings is 1. The summed E-state index contributed by atoms with van der Waals surface area (Å²) in [6.07, 6.45) is 1.48. The van der Waals surface area contributed by atoms with Gasteiger partial charge in [-0.3, -0.25) is 4.79 Å². The number of fused-ring (bicyclic) bond motifs is 1. The third kappa shape index (κ3) is 4.10. The van der Waals surface area contributed by atoms with Gasteiger partial charge < -0.3 is 13.9 Å². The highest BCUT2D eigenvalue weighted by molar-refractivity contribution is 5.83. The lowest BCUT2D eigenvalue weighted by molar-refractivity contribution is -0.225. The lowest BCUT2D eigenvalue weighted by Gasteiger charge is -2.14. The van der Waals surface area contributed by atoms with Crippen molar-refractivity contribution in [2.45, 2.75) is 51.7 Å². The van der Waals surface area contributed by atoms with Crippen LogP contribution in [0.25, 0.3) is 22.2 Å². The van der Waals surface area contributed by atoms with Crippen molar-refractivity contribution in [3.8, 4) is 11.1 Å². The molecule has 3 aromatic rings. The first-order valence-electron chi connectivity index (χ1n) is 9.98. The summed E-state index contributed by atoms with van der Waals surface area (Å²) in [6.45, 7) is 2.95. The normalized spacial score (nSPS) is 14.7. The summed E-state index contributed by atoms with van der Waals surface area (Å²) in [5.74, 6) is 1.33. The zero-order valence-electron chi connectivity index (χ0n) is 16.9. The van der Waals surface area contributed by atoms with Gasteiger partial charge in [-0.2, -0.15) is 8.78 Å². The Balaban J connectivity index is 1.76. The van der Waals surface area contributed by atoms with Crippen LogP contribution < -0.4 is 5.56 Å². The number of alkyl halides is 2. The van der Waals surface area contributed by atoms with Gasteiger partial charge in [0.15, 0.2) is 0 Å². The van der Waals surface area contributed by atoms with Gasteiger partial charge in [0.05, 0.1) is 17.6 Å². The van der Waals surface area contributed by atoms with Crippen molar-refractivity contribution in [1.29, 1.82) is 0 Å². The van der Waals surface area contributed by atoms with Crippen LogP contribution in [0.5, 0.6) is 0 Å². The molecule has 0 spiro atoms. The Bertz CT molecular complexity index is 1110. The van der Waals surface area contributed by atoms with Crippen molar-refractivity contribution in [2.24, 2.45) is 7.05 Å². The van der Waals surface area contributed by atoms with Crippen molar-refractivity contribution in [2.75, 3.05) is 6.61 Å². The Hall–Kier alpha value is -2.54. The number of pyridine rings is 1. The first-order chi connectivity index (χ1) is 13.8. The molecule has 154 valence electrons. The molecule has 29 heavy (non-hydrogen) atoms. The van der Waals surface area contributed by atoms with E-state index in [1.807, 2.05) is 42.0 Å². The first kappa shape index (κ1) is 19.8. The minimum atomic E-state index is -3.15. The van der Waals surface area contributed by atoms with Crippen LogP contribution in [0.3, 0.4) is 0 Å². The highest BCUT2D eigenvalue weighted by Gasteiger charge is 2.30. The fraction of sp³-hybridized carbons (Fsp3) is 0.455. The smallest absolute Gasteiger partial charge is 0.325 e. The Morgan fingerprint density at radius 3 is 2.66 bits per heavy atom. The van der Waals surface area contributed by atoms with E-state index in [-0.39, 0.29) is 12.2 Å². The van der Waals surface area contributed by atoms with Crippen molar-refractivity contribution in [3.05, 3.63) is 52.2 Å². The number of nitrogens with zero attached hydrogens (tertiary/aromatic N) is 3. The molecule has 1 saturated carbocycles. The fourth-order valence-electron chi connectivity index (χ4n) is 3.72. The molecule has 2 heterocycles. The van der Waals surface area contributed by atoms with Crippen molar-refractivity contribution < 1.29 is 13.5 Å². The summed E-state index contributed by atoms with van der Waals surface area (Å²) in [5.41, 5.74) is 4.43. The third-order valence-electron chi connectivity index (χ3n) is 5.36. The minimum Gasteiger partial charge on any atom is -0.325 e. The second-order valence-corrected chi connectivity index (χ2v) is 7.78. The number of benzene rings is 1. The van der Waals surface area contributed by atoms with Crippen LogP contribution in [0.4, 0.5) is 8.78 Å². The minimum absolute atomic E-state index is 0.0102. The Labute approximate surface area is 167 Å². The third-order valence-corrected chi connectivity index (χ3v) is 5.36. The second-order valence-electron chi connectivity index (χ2n) is 7.78. The van der Waals surface area contributed by atoms with Gasteiger partial charge in [0.1, 0.15) is 5.82 Å². The van der Waals surface area contributed by atoms with Crippen molar-refractivity contribution in [3.63, 3.8) is 0 Å². The molecular weight excluding hydrogens is 376 g/mol. The van der Waals surface area contributed by atoms with E-state index in [1.54, 1.807) is 11.6 Å². The molecule has 0 unspecified atom stereocenters. The van der Waals surface area contributed by atoms with Crippen LogP contribution in [0.1, 0.15) is 44.0 Å². The van der Waals surface area contributed by atoms with Crippen LogP contribution >= 0.6 is 0 Å². The summed E-state index contributed by atoms with van der Waals surface area (Å²) in [7, 11) is 1.75. The first-order valence-corrected chi connectivity index (χ1v) is 9.98. The predicted molar refractivity (Wildman–Crippen MR) is 108 cm³/mol. The molecule has 0 N–H and O–H groups in total. The Morgan fingerprint density at radius 1 is 1.24 bits per heavy atom. The molecule has 0 aliphatic heterocycles. The molecule has 5 nitrogen and oxygen atoms in total. The molecule has 0 saturated heterocycles. The predicted octanol–water partition coefficient (Wildman–Crippen LogP) is 4.47. The number of aryl methyl sites for hydroxylation is 2. The van der Waals surface area contributed by atoms with Gasteiger partial charge in [-0.15, -0.1) is 0 Å². The van der Waals surface area contributed by atoms with Crippen LogP contribution in [0, 0.1) is 0 Å². The SMILES string of the molecule is CCc1cc(-c2ccc3nc(C4CC4)n(CCOC(C)(F)F)c3c2)cn(C)c1=O. The van der Waals surface area contributed by atoms with E-state index in [1.165, 1.54) is 0 Å². The molecule has 0 amide bonds. The molecule has 1 aliphatic rings. The quantitative estimate of drug-likeness (QED) is 0.587. The lowest BCUT2D eigenvalue weighted by Crippen LogP contribution is -2.20. The van der Waals surface area contributed by atoms with Gasteiger partial charge in [0.2, 0.25) is 0 Å². The van der Waals surface area contributed by atoms with Crippen LogP contribution in [-0.4, -0.2) is 26.8 Å². The maximum absolute atomic E-state index is 13.1. The van der Waals surface area contributed by atoms with Crippen LogP contribution in [0.15, 0.2) is 35.3 Å². The molecule has 0 bridgehead atoms. The van der Waals surface area contributed by atoms with Crippen molar-refractivity contribution >= 4 is 11.0 Å². The number of ether oxygens (including phenoxy) is 1. The second kappa shape index (κ2) is 7.37. The molecule has 1 fully saturated rings.